The smallest absolute Gasteiger partial charge is 0.338 e. The summed E-state index contributed by atoms with van der Waals surface area (Å²) in [5.74, 6) is 0.338. The van der Waals surface area contributed by atoms with E-state index in [0.717, 1.165) is 35.0 Å². The molecule has 1 atom stereocenters. The van der Waals surface area contributed by atoms with Crippen molar-refractivity contribution in [1.29, 1.82) is 0 Å². The maximum absolute atomic E-state index is 13.1. The highest BCUT2D eigenvalue weighted by atomic mass is 32.1. The number of ether oxygens (including phenoxy) is 1. The summed E-state index contributed by atoms with van der Waals surface area (Å²) in [5, 5.41) is 0.798. The number of nitrogens with zero attached hydrogens (tertiary/aromatic N) is 2. The van der Waals surface area contributed by atoms with E-state index >= 15 is 0 Å². The van der Waals surface area contributed by atoms with Crippen molar-refractivity contribution in [3.63, 3.8) is 0 Å². The van der Waals surface area contributed by atoms with Crippen LogP contribution in [-0.2, 0) is 24.1 Å². The Morgan fingerprint density at radius 2 is 2.07 bits per heavy atom. The second kappa shape index (κ2) is 7.51. The lowest BCUT2D eigenvalue weighted by Crippen LogP contribution is -2.22. The molecule has 5 nitrogen and oxygen atoms in total. The first kappa shape index (κ1) is 18.9. The van der Waals surface area contributed by atoms with Gasteiger partial charge < -0.3 is 4.74 Å². The second-order valence-electron chi connectivity index (χ2n) is 7.86. The Morgan fingerprint density at radius 1 is 1.32 bits per heavy atom. The summed E-state index contributed by atoms with van der Waals surface area (Å²) < 4.78 is 6.87. The average molecular weight is 397 g/mol. The van der Waals surface area contributed by atoms with Crippen LogP contribution in [0.1, 0.15) is 53.6 Å². The number of benzene rings is 1. The first-order valence-corrected chi connectivity index (χ1v) is 10.5. The zero-order valence-corrected chi connectivity index (χ0v) is 17.2. The number of esters is 1. The van der Waals surface area contributed by atoms with E-state index in [2.05, 4.69) is 11.9 Å². The van der Waals surface area contributed by atoms with Crippen LogP contribution in [0.4, 0.5) is 0 Å². The zero-order valence-electron chi connectivity index (χ0n) is 16.4. The van der Waals surface area contributed by atoms with Crippen LogP contribution in [-0.4, -0.2) is 21.6 Å². The fourth-order valence-electron chi connectivity index (χ4n) is 3.70. The third kappa shape index (κ3) is 3.61. The van der Waals surface area contributed by atoms with Crippen molar-refractivity contribution in [3.8, 4) is 0 Å². The Hall–Kier alpha value is -2.47. The van der Waals surface area contributed by atoms with Crippen molar-refractivity contribution in [1.82, 2.24) is 9.55 Å². The van der Waals surface area contributed by atoms with E-state index < -0.39 is 0 Å². The monoisotopic (exact) mass is 396 g/mol. The van der Waals surface area contributed by atoms with Gasteiger partial charge in [-0.15, -0.1) is 11.3 Å². The lowest BCUT2D eigenvalue weighted by molar-refractivity contribution is 0.0378. The van der Waals surface area contributed by atoms with Crippen LogP contribution in [0.3, 0.4) is 0 Å². The highest BCUT2D eigenvalue weighted by Gasteiger charge is 2.23. The molecular formula is C22H24N2O3S. The van der Waals surface area contributed by atoms with E-state index in [1.54, 1.807) is 34.4 Å². The van der Waals surface area contributed by atoms with Gasteiger partial charge in [0.1, 0.15) is 4.83 Å². The number of aryl methyl sites for hydroxylation is 1. The molecule has 0 aliphatic heterocycles. The summed E-state index contributed by atoms with van der Waals surface area (Å²) in [5.41, 5.74) is 2.69. The van der Waals surface area contributed by atoms with Gasteiger partial charge in [-0.3, -0.25) is 9.36 Å². The van der Waals surface area contributed by atoms with Gasteiger partial charge in [-0.05, 0) is 62.3 Å². The number of carbonyl (C=O) groups is 1. The van der Waals surface area contributed by atoms with Gasteiger partial charge in [0.15, 0.2) is 0 Å². The summed E-state index contributed by atoms with van der Waals surface area (Å²) in [6.45, 7) is 6.35. The topological polar surface area (TPSA) is 61.2 Å². The highest BCUT2D eigenvalue weighted by Crippen LogP contribution is 2.35. The number of hydrogen-bond donors (Lipinski definition) is 0. The second-order valence-corrected chi connectivity index (χ2v) is 8.94. The van der Waals surface area contributed by atoms with Gasteiger partial charge in [0.25, 0.3) is 5.56 Å². The summed E-state index contributed by atoms with van der Waals surface area (Å²) in [4.78, 5) is 31.8. The lowest BCUT2D eigenvalue weighted by atomic mass is 9.89. The van der Waals surface area contributed by atoms with Gasteiger partial charge in [-0.25, -0.2) is 9.78 Å². The van der Waals surface area contributed by atoms with Crippen molar-refractivity contribution in [3.05, 3.63) is 62.5 Å². The maximum Gasteiger partial charge on any atom is 0.338 e. The Kier molecular flexibility index (Phi) is 5.06. The summed E-state index contributed by atoms with van der Waals surface area (Å²) in [6.07, 6.45) is 4.62. The number of carbonyl (C=O) groups excluding carboxylic acids is 1. The summed E-state index contributed by atoms with van der Waals surface area (Å²) in [7, 11) is 0. The van der Waals surface area contributed by atoms with Crippen LogP contribution < -0.4 is 5.56 Å². The van der Waals surface area contributed by atoms with E-state index in [1.165, 1.54) is 10.4 Å². The van der Waals surface area contributed by atoms with Crippen LogP contribution in [0.2, 0.25) is 0 Å². The molecule has 0 bridgehead atoms. The van der Waals surface area contributed by atoms with Crippen molar-refractivity contribution >= 4 is 27.5 Å². The minimum atomic E-state index is -0.332. The SMILES string of the molecule is CC(C)OC(=O)c1ccc(Cn2cnc3sc4c(c3c2=O)CC[C@@H](C)C4)cc1. The summed E-state index contributed by atoms with van der Waals surface area (Å²) >= 11 is 1.67. The number of thiophene rings is 1. The molecule has 28 heavy (non-hydrogen) atoms. The number of fused-ring (bicyclic) bond motifs is 3. The molecule has 0 radical (unpaired) electrons. The molecule has 146 valence electrons. The fourth-order valence-corrected chi connectivity index (χ4v) is 5.04. The highest BCUT2D eigenvalue weighted by molar-refractivity contribution is 7.18. The van der Waals surface area contributed by atoms with E-state index in [1.807, 2.05) is 26.0 Å². The normalized spacial score (nSPS) is 16.4. The number of hydrogen-bond acceptors (Lipinski definition) is 5. The number of aromatic nitrogens is 2. The molecular weight excluding hydrogens is 372 g/mol. The third-order valence-electron chi connectivity index (χ3n) is 5.17. The van der Waals surface area contributed by atoms with Gasteiger partial charge in [0.2, 0.25) is 0 Å². The molecule has 0 saturated heterocycles. The zero-order chi connectivity index (χ0) is 19.8. The molecule has 0 spiro atoms. The van der Waals surface area contributed by atoms with Gasteiger partial charge in [-0.1, -0.05) is 19.1 Å². The van der Waals surface area contributed by atoms with Crippen LogP contribution in [0.25, 0.3) is 10.2 Å². The Balaban J connectivity index is 1.61. The molecule has 6 heteroatoms. The minimum absolute atomic E-state index is 0.0281. The average Bonchev–Trinajstić information content (AvgIpc) is 3.02. The molecule has 1 aliphatic carbocycles. The van der Waals surface area contributed by atoms with Crippen LogP contribution >= 0.6 is 11.3 Å². The maximum atomic E-state index is 13.1. The molecule has 1 aliphatic rings. The molecule has 3 aromatic rings. The predicted octanol–water partition coefficient (Wildman–Crippen LogP) is 4.20. The fraction of sp³-hybridized carbons (Fsp3) is 0.409. The van der Waals surface area contributed by atoms with Crippen LogP contribution in [0.15, 0.2) is 35.4 Å². The van der Waals surface area contributed by atoms with Crippen LogP contribution in [0, 0.1) is 5.92 Å². The molecule has 0 unspecified atom stereocenters. The third-order valence-corrected chi connectivity index (χ3v) is 6.33. The number of rotatable bonds is 4. The van der Waals surface area contributed by atoms with Crippen molar-refractivity contribution in [2.45, 2.75) is 52.7 Å². The quantitative estimate of drug-likeness (QED) is 0.620. The van der Waals surface area contributed by atoms with Gasteiger partial charge in [0.05, 0.1) is 29.9 Å². The Bertz CT molecular complexity index is 1080. The Morgan fingerprint density at radius 3 is 2.79 bits per heavy atom. The standard InChI is InChI=1S/C22H24N2O3S/c1-13(2)27-22(26)16-7-5-15(6-8-16)11-24-12-23-20-19(21(24)25)17-9-4-14(3)10-18(17)28-20/h5-8,12-14H,4,9-11H2,1-3H3/t14-/m1/s1. The van der Waals surface area contributed by atoms with E-state index in [4.69, 9.17) is 4.74 Å². The molecule has 2 aromatic heterocycles. The van der Waals surface area contributed by atoms with E-state index in [0.29, 0.717) is 18.0 Å². The Labute approximate surface area is 168 Å². The molecule has 0 fully saturated rings. The molecule has 2 heterocycles. The lowest BCUT2D eigenvalue weighted by Gasteiger charge is -2.17. The van der Waals surface area contributed by atoms with Crippen molar-refractivity contribution in [2.24, 2.45) is 5.92 Å². The van der Waals surface area contributed by atoms with Gasteiger partial charge in [0, 0.05) is 4.88 Å². The molecule has 4 rings (SSSR count). The first-order valence-electron chi connectivity index (χ1n) is 9.72. The predicted molar refractivity (Wildman–Crippen MR) is 111 cm³/mol. The van der Waals surface area contributed by atoms with Crippen LogP contribution in [0.5, 0.6) is 0 Å². The van der Waals surface area contributed by atoms with Crippen molar-refractivity contribution in [2.75, 3.05) is 0 Å². The largest absolute Gasteiger partial charge is 0.459 e. The van der Waals surface area contributed by atoms with Gasteiger partial charge >= 0.3 is 5.97 Å². The molecule has 0 amide bonds. The first-order chi connectivity index (χ1) is 13.4. The minimum Gasteiger partial charge on any atom is -0.459 e. The van der Waals surface area contributed by atoms with E-state index in [-0.39, 0.29) is 17.6 Å². The molecule has 0 N–H and O–H groups in total. The summed E-state index contributed by atoms with van der Waals surface area (Å²) in [6, 6.07) is 7.20. The molecule has 1 aromatic carbocycles. The van der Waals surface area contributed by atoms with Gasteiger partial charge in [-0.2, -0.15) is 0 Å². The molecule has 0 saturated carbocycles. The van der Waals surface area contributed by atoms with E-state index in [9.17, 15) is 9.59 Å². The van der Waals surface area contributed by atoms with Crippen molar-refractivity contribution < 1.29 is 9.53 Å².